The molecule has 129 valence electrons. The standard InChI is InChI=1S/C6H12BO2.C6H5F7/c1-5(2)6(3,4)9-7-8-5;1-2-3-4(7,5(8,9)10)6(11,12)13/h1-4H3;2H,1,3H2. The van der Waals surface area contributed by atoms with Gasteiger partial charge in [0.2, 0.25) is 0 Å². The van der Waals surface area contributed by atoms with E-state index < -0.39 is 24.4 Å². The minimum absolute atomic E-state index is 0.187. The van der Waals surface area contributed by atoms with E-state index in [1.165, 1.54) is 7.69 Å². The number of halogens is 7. The van der Waals surface area contributed by atoms with E-state index in [0.717, 1.165) is 0 Å². The Bertz CT molecular complexity index is 360. The van der Waals surface area contributed by atoms with Gasteiger partial charge in [0.25, 0.3) is 0 Å². The first kappa shape index (κ1) is 21.2. The van der Waals surface area contributed by atoms with Gasteiger partial charge in [-0.25, -0.2) is 4.39 Å². The second-order valence-corrected chi connectivity index (χ2v) is 5.64. The molecular weight excluding hydrogens is 320 g/mol. The van der Waals surface area contributed by atoms with E-state index in [1.54, 1.807) is 0 Å². The van der Waals surface area contributed by atoms with Gasteiger partial charge in [-0.05, 0) is 27.7 Å². The zero-order chi connectivity index (χ0) is 18.0. The summed E-state index contributed by atoms with van der Waals surface area (Å²) in [4.78, 5) is 0. The van der Waals surface area contributed by atoms with Crippen LogP contribution in [0.4, 0.5) is 30.7 Å². The Labute approximate surface area is 125 Å². The minimum atomic E-state index is -5.97. The van der Waals surface area contributed by atoms with Crippen molar-refractivity contribution < 1.29 is 40.0 Å². The van der Waals surface area contributed by atoms with E-state index in [2.05, 4.69) is 6.58 Å². The zero-order valence-electron chi connectivity index (χ0n) is 12.5. The molecule has 2 nitrogen and oxygen atoms in total. The molecule has 1 rings (SSSR count). The van der Waals surface area contributed by atoms with Crippen LogP contribution in [0.2, 0.25) is 0 Å². The van der Waals surface area contributed by atoms with Gasteiger partial charge in [0.1, 0.15) is 0 Å². The average Bonchev–Trinajstić information content (AvgIpc) is 2.49. The van der Waals surface area contributed by atoms with E-state index in [0.29, 0.717) is 0 Å². The van der Waals surface area contributed by atoms with Crippen molar-refractivity contribution >= 4 is 7.69 Å². The van der Waals surface area contributed by atoms with Crippen LogP contribution in [0.5, 0.6) is 0 Å². The number of alkyl halides is 7. The molecule has 0 bridgehead atoms. The van der Waals surface area contributed by atoms with Crippen LogP contribution in [0.1, 0.15) is 34.1 Å². The summed E-state index contributed by atoms with van der Waals surface area (Å²) in [5, 5.41) is 0. The molecular formula is C12H17BF7O2. The van der Waals surface area contributed by atoms with Crippen molar-refractivity contribution in [2.24, 2.45) is 0 Å². The fourth-order valence-corrected chi connectivity index (χ4v) is 1.14. The molecule has 0 amide bonds. The summed E-state index contributed by atoms with van der Waals surface area (Å²) in [6.45, 7) is 10.7. The first-order valence-corrected chi connectivity index (χ1v) is 6.12. The molecule has 1 saturated heterocycles. The van der Waals surface area contributed by atoms with Crippen molar-refractivity contribution in [1.29, 1.82) is 0 Å². The number of hydrogen-bond acceptors (Lipinski definition) is 2. The minimum Gasteiger partial charge on any atom is -0.405 e. The van der Waals surface area contributed by atoms with Crippen LogP contribution in [0.25, 0.3) is 0 Å². The molecule has 1 aliphatic heterocycles. The summed E-state index contributed by atoms with van der Waals surface area (Å²) >= 11 is 0. The monoisotopic (exact) mass is 337 g/mol. The Morgan fingerprint density at radius 2 is 1.18 bits per heavy atom. The van der Waals surface area contributed by atoms with Crippen molar-refractivity contribution in [3.63, 3.8) is 0 Å². The highest BCUT2D eigenvalue weighted by Crippen LogP contribution is 2.48. The third kappa shape index (κ3) is 4.38. The Kier molecular flexibility index (Phi) is 6.17. The molecule has 0 saturated carbocycles. The van der Waals surface area contributed by atoms with Crippen LogP contribution in [0, 0.1) is 0 Å². The van der Waals surface area contributed by atoms with E-state index in [-0.39, 0.29) is 17.3 Å². The van der Waals surface area contributed by atoms with Crippen molar-refractivity contribution in [3.05, 3.63) is 12.7 Å². The molecule has 0 unspecified atom stereocenters. The van der Waals surface area contributed by atoms with Crippen molar-refractivity contribution in [2.45, 2.75) is 63.3 Å². The average molecular weight is 337 g/mol. The molecule has 1 aliphatic rings. The van der Waals surface area contributed by atoms with Gasteiger partial charge in [-0.1, -0.05) is 6.08 Å². The maximum Gasteiger partial charge on any atom is 0.488 e. The Morgan fingerprint density at radius 3 is 1.27 bits per heavy atom. The molecule has 1 radical (unpaired) electrons. The summed E-state index contributed by atoms with van der Waals surface area (Å²) in [6, 6.07) is 0. The Balaban J connectivity index is 0.000000425. The number of allylic oxidation sites excluding steroid dienone is 1. The van der Waals surface area contributed by atoms with Gasteiger partial charge in [0.05, 0.1) is 11.2 Å². The van der Waals surface area contributed by atoms with Gasteiger partial charge >= 0.3 is 25.7 Å². The van der Waals surface area contributed by atoms with Gasteiger partial charge in [0.15, 0.2) is 0 Å². The summed E-state index contributed by atoms with van der Waals surface area (Å²) in [5.74, 6) is 0. The molecule has 0 aromatic heterocycles. The van der Waals surface area contributed by atoms with Gasteiger partial charge in [0, 0.05) is 6.42 Å². The molecule has 1 fully saturated rings. The predicted molar refractivity (Wildman–Crippen MR) is 66.8 cm³/mol. The molecule has 0 atom stereocenters. The van der Waals surface area contributed by atoms with Crippen LogP contribution in [0.15, 0.2) is 12.7 Å². The second-order valence-electron chi connectivity index (χ2n) is 5.64. The van der Waals surface area contributed by atoms with Crippen LogP contribution < -0.4 is 0 Å². The van der Waals surface area contributed by atoms with Crippen LogP contribution in [0.3, 0.4) is 0 Å². The fraction of sp³-hybridized carbons (Fsp3) is 0.833. The summed E-state index contributed by atoms with van der Waals surface area (Å²) in [6.07, 6.45) is -13.5. The normalized spacial score (nSPS) is 20.7. The van der Waals surface area contributed by atoms with Crippen LogP contribution in [-0.4, -0.2) is 36.9 Å². The van der Waals surface area contributed by atoms with Gasteiger partial charge in [-0.3, -0.25) is 0 Å². The lowest BCUT2D eigenvalue weighted by atomic mass is 9.90. The van der Waals surface area contributed by atoms with Crippen molar-refractivity contribution in [2.75, 3.05) is 0 Å². The molecule has 0 aromatic carbocycles. The third-order valence-electron chi connectivity index (χ3n) is 3.46. The SMILES string of the molecule is C=CCC(F)(C(F)(F)F)C(F)(F)F.CC1(C)O[B]OC1(C)C. The zero-order valence-corrected chi connectivity index (χ0v) is 12.5. The second kappa shape index (κ2) is 6.39. The molecule has 0 aromatic rings. The van der Waals surface area contributed by atoms with Crippen LogP contribution >= 0.6 is 0 Å². The lowest BCUT2D eigenvalue weighted by molar-refractivity contribution is -0.340. The number of hydrogen-bond donors (Lipinski definition) is 0. The van der Waals surface area contributed by atoms with Crippen molar-refractivity contribution in [3.8, 4) is 0 Å². The maximum atomic E-state index is 12.5. The first-order chi connectivity index (χ1) is 9.52. The Hall–Kier alpha value is -0.765. The van der Waals surface area contributed by atoms with Crippen LogP contribution in [-0.2, 0) is 9.31 Å². The highest BCUT2D eigenvalue weighted by molar-refractivity contribution is 6.19. The molecule has 22 heavy (non-hydrogen) atoms. The largest absolute Gasteiger partial charge is 0.488 e. The van der Waals surface area contributed by atoms with Crippen molar-refractivity contribution in [1.82, 2.24) is 0 Å². The van der Waals surface area contributed by atoms with E-state index in [9.17, 15) is 30.7 Å². The summed E-state index contributed by atoms with van der Waals surface area (Å²) in [5.41, 5.74) is -5.57. The number of rotatable bonds is 2. The van der Waals surface area contributed by atoms with E-state index in [4.69, 9.17) is 9.31 Å². The lowest BCUT2D eigenvalue weighted by Gasteiger charge is -2.32. The lowest BCUT2D eigenvalue weighted by Crippen LogP contribution is -2.52. The van der Waals surface area contributed by atoms with Gasteiger partial charge < -0.3 is 9.31 Å². The summed E-state index contributed by atoms with van der Waals surface area (Å²) in [7, 11) is 1.42. The highest BCUT2D eigenvalue weighted by atomic mass is 19.4. The molecule has 0 N–H and O–H groups in total. The fourth-order valence-electron chi connectivity index (χ4n) is 1.14. The van der Waals surface area contributed by atoms with E-state index >= 15 is 0 Å². The third-order valence-corrected chi connectivity index (χ3v) is 3.46. The molecule has 0 spiro atoms. The smallest absolute Gasteiger partial charge is 0.405 e. The molecule has 10 heteroatoms. The molecule has 0 aliphatic carbocycles. The first-order valence-electron chi connectivity index (χ1n) is 6.12. The molecule has 1 heterocycles. The topological polar surface area (TPSA) is 18.5 Å². The summed E-state index contributed by atoms with van der Waals surface area (Å²) < 4.78 is 92.8. The van der Waals surface area contributed by atoms with Gasteiger partial charge in [-0.15, -0.1) is 6.58 Å². The maximum absolute atomic E-state index is 12.5. The van der Waals surface area contributed by atoms with E-state index in [1.807, 2.05) is 27.7 Å². The Morgan fingerprint density at radius 1 is 0.864 bits per heavy atom. The van der Waals surface area contributed by atoms with Gasteiger partial charge in [-0.2, -0.15) is 26.3 Å². The highest BCUT2D eigenvalue weighted by Gasteiger charge is 2.71. The quantitative estimate of drug-likeness (QED) is 0.419. The predicted octanol–water partition coefficient (Wildman–Crippen LogP) is 4.52.